The highest BCUT2D eigenvalue weighted by atomic mass is 16.5. The van der Waals surface area contributed by atoms with Crippen LogP contribution in [0.3, 0.4) is 0 Å². The van der Waals surface area contributed by atoms with Gasteiger partial charge < -0.3 is 15.2 Å². The van der Waals surface area contributed by atoms with Gasteiger partial charge >= 0.3 is 0 Å². The van der Waals surface area contributed by atoms with Gasteiger partial charge in [0.1, 0.15) is 11.9 Å². The van der Waals surface area contributed by atoms with Crippen molar-refractivity contribution >= 4 is 0 Å². The van der Waals surface area contributed by atoms with Crippen LogP contribution in [0.25, 0.3) is 0 Å². The maximum Gasteiger partial charge on any atom is 0.124 e. The minimum atomic E-state index is 0.0436. The first kappa shape index (κ1) is 12.0. The molecule has 15 heavy (non-hydrogen) atoms. The summed E-state index contributed by atoms with van der Waals surface area (Å²) >= 11 is 0. The predicted molar refractivity (Wildman–Crippen MR) is 61.0 cm³/mol. The molecule has 3 heteroatoms. The van der Waals surface area contributed by atoms with Gasteiger partial charge in [0, 0.05) is 19.2 Å². The molecule has 1 aromatic carbocycles. The fraction of sp³-hybridized carbons (Fsp3) is 0.500. The normalized spacial score (nSPS) is 12.5. The second-order valence-corrected chi connectivity index (χ2v) is 3.70. The monoisotopic (exact) mass is 209 g/mol. The van der Waals surface area contributed by atoms with E-state index in [1.54, 1.807) is 7.11 Å². The fourth-order valence-electron chi connectivity index (χ4n) is 1.43. The number of methoxy groups -OCH3 is 1. The van der Waals surface area contributed by atoms with Gasteiger partial charge in [0.2, 0.25) is 0 Å². The lowest BCUT2D eigenvalue weighted by atomic mass is 10.1. The Morgan fingerprint density at radius 2 is 2.13 bits per heavy atom. The highest BCUT2D eigenvalue weighted by molar-refractivity contribution is 5.37. The Kier molecular flexibility index (Phi) is 4.59. The van der Waals surface area contributed by atoms with Crippen LogP contribution in [0.4, 0.5) is 0 Å². The number of benzene rings is 1. The Morgan fingerprint density at radius 3 is 2.73 bits per heavy atom. The maximum absolute atomic E-state index is 5.75. The van der Waals surface area contributed by atoms with E-state index in [4.69, 9.17) is 15.2 Å². The summed E-state index contributed by atoms with van der Waals surface area (Å²) in [7, 11) is 1.67. The standard InChI is InChI=1S/C12H19NO2/c1-9-4-5-11(7-13)12(6-9)15-10(2)8-14-3/h4-6,10H,7-8,13H2,1-3H3/t10-/m0/s1. The highest BCUT2D eigenvalue weighted by Gasteiger charge is 2.07. The third kappa shape index (κ3) is 3.53. The van der Waals surface area contributed by atoms with Crippen LogP contribution in [0.15, 0.2) is 18.2 Å². The Morgan fingerprint density at radius 1 is 1.40 bits per heavy atom. The summed E-state index contributed by atoms with van der Waals surface area (Å²) in [4.78, 5) is 0. The molecule has 0 bridgehead atoms. The number of nitrogens with two attached hydrogens (primary N) is 1. The van der Waals surface area contributed by atoms with Crippen LogP contribution >= 0.6 is 0 Å². The molecule has 84 valence electrons. The smallest absolute Gasteiger partial charge is 0.124 e. The van der Waals surface area contributed by atoms with Crippen molar-refractivity contribution in [2.24, 2.45) is 5.73 Å². The van der Waals surface area contributed by atoms with Gasteiger partial charge in [-0.1, -0.05) is 12.1 Å². The molecule has 0 radical (unpaired) electrons. The largest absolute Gasteiger partial charge is 0.488 e. The molecular formula is C12H19NO2. The first-order valence-electron chi connectivity index (χ1n) is 5.12. The van der Waals surface area contributed by atoms with Crippen LogP contribution < -0.4 is 10.5 Å². The zero-order chi connectivity index (χ0) is 11.3. The molecule has 0 aliphatic carbocycles. The van der Waals surface area contributed by atoms with Crippen LogP contribution in [0.2, 0.25) is 0 Å². The van der Waals surface area contributed by atoms with Crippen molar-refractivity contribution < 1.29 is 9.47 Å². The zero-order valence-electron chi connectivity index (χ0n) is 9.62. The minimum absolute atomic E-state index is 0.0436. The van der Waals surface area contributed by atoms with Gasteiger partial charge in [-0.15, -0.1) is 0 Å². The minimum Gasteiger partial charge on any atom is -0.488 e. The Bertz CT molecular complexity index is 312. The quantitative estimate of drug-likeness (QED) is 0.805. The number of hydrogen-bond donors (Lipinski definition) is 1. The summed E-state index contributed by atoms with van der Waals surface area (Å²) in [5.41, 5.74) is 7.84. The SMILES string of the molecule is COC[C@H](C)Oc1cc(C)ccc1CN. The molecule has 0 spiro atoms. The van der Waals surface area contributed by atoms with E-state index in [-0.39, 0.29) is 6.10 Å². The molecule has 0 unspecified atom stereocenters. The maximum atomic E-state index is 5.75. The summed E-state index contributed by atoms with van der Waals surface area (Å²) in [6, 6.07) is 6.05. The zero-order valence-corrected chi connectivity index (χ0v) is 9.62. The topological polar surface area (TPSA) is 44.5 Å². The lowest BCUT2D eigenvalue weighted by Crippen LogP contribution is -2.19. The number of hydrogen-bond acceptors (Lipinski definition) is 3. The molecule has 1 aromatic rings. The van der Waals surface area contributed by atoms with E-state index >= 15 is 0 Å². The Labute approximate surface area is 91.2 Å². The number of aryl methyl sites for hydroxylation is 1. The number of rotatable bonds is 5. The molecule has 0 aliphatic heterocycles. The van der Waals surface area contributed by atoms with E-state index in [1.165, 1.54) is 5.56 Å². The summed E-state index contributed by atoms with van der Waals surface area (Å²) in [6.07, 6.45) is 0.0436. The van der Waals surface area contributed by atoms with Gasteiger partial charge in [-0.2, -0.15) is 0 Å². The van der Waals surface area contributed by atoms with Crippen LogP contribution in [-0.2, 0) is 11.3 Å². The van der Waals surface area contributed by atoms with Gasteiger partial charge in [-0.05, 0) is 25.5 Å². The first-order chi connectivity index (χ1) is 7.17. The van der Waals surface area contributed by atoms with Crippen molar-refractivity contribution in [1.29, 1.82) is 0 Å². The summed E-state index contributed by atoms with van der Waals surface area (Å²) in [6.45, 7) is 5.09. The molecule has 0 saturated heterocycles. The molecule has 0 heterocycles. The van der Waals surface area contributed by atoms with Gasteiger partial charge in [0.05, 0.1) is 6.61 Å². The second-order valence-electron chi connectivity index (χ2n) is 3.70. The van der Waals surface area contributed by atoms with Gasteiger partial charge in [-0.25, -0.2) is 0 Å². The van der Waals surface area contributed by atoms with Crippen molar-refractivity contribution in [2.45, 2.75) is 26.5 Å². The average molecular weight is 209 g/mol. The van der Waals surface area contributed by atoms with Crippen molar-refractivity contribution in [2.75, 3.05) is 13.7 Å². The van der Waals surface area contributed by atoms with E-state index in [9.17, 15) is 0 Å². The first-order valence-corrected chi connectivity index (χ1v) is 5.12. The lowest BCUT2D eigenvalue weighted by molar-refractivity contribution is 0.0914. The Balaban J connectivity index is 2.77. The summed E-state index contributed by atoms with van der Waals surface area (Å²) < 4.78 is 10.8. The highest BCUT2D eigenvalue weighted by Crippen LogP contribution is 2.21. The van der Waals surface area contributed by atoms with E-state index in [2.05, 4.69) is 0 Å². The predicted octanol–water partition coefficient (Wildman–Crippen LogP) is 1.87. The number of ether oxygens (including phenoxy) is 2. The fourth-order valence-corrected chi connectivity index (χ4v) is 1.43. The molecule has 1 atom stereocenters. The van der Waals surface area contributed by atoms with Crippen LogP contribution in [-0.4, -0.2) is 19.8 Å². The van der Waals surface area contributed by atoms with Crippen molar-refractivity contribution in [3.05, 3.63) is 29.3 Å². The van der Waals surface area contributed by atoms with E-state index in [0.717, 1.165) is 11.3 Å². The van der Waals surface area contributed by atoms with Crippen molar-refractivity contribution in [3.8, 4) is 5.75 Å². The van der Waals surface area contributed by atoms with Gasteiger partial charge in [0.25, 0.3) is 0 Å². The molecule has 2 N–H and O–H groups in total. The molecule has 0 aliphatic rings. The van der Waals surface area contributed by atoms with Crippen molar-refractivity contribution in [1.82, 2.24) is 0 Å². The van der Waals surface area contributed by atoms with Crippen LogP contribution in [0.5, 0.6) is 5.75 Å². The molecule has 1 rings (SSSR count). The molecule has 0 amide bonds. The van der Waals surface area contributed by atoms with Crippen molar-refractivity contribution in [3.63, 3.8) is 0 Å². The van der Waals surface area contributed by atoms with E-state index in [1.807, 2.05) is 32.0 Å². The summed E-state index contributed by atoms with van der Waals surface area (Å²) in [5.74, 6) is 0.863. The third-order valence-corrected chi connectivity index (χ3v) is 2.17. The van der Waals surface area contributed by atoms with Crippen LogP contribution in [0, 0.1) is 6.92 Å². The molecular weight excluding hydrogens is 190 g/mol. The summed E-state index contributed by atoms with van der Waals surface area (Å²) in [5, 5.41) is 0. The van der Waals surface area contributed by atoms with Gasteiger partial charge in [0.15, 0.2) is 0 Å². The second kappa shape index (κ2) is 5.73. The average Bonchev–Trinajstić information content (AvgIpc) is 2.18. The van der Waals surface area contributed by atoms with E-state index in [0.29, 0.717) is 13.2 Å². The molecule has 3 nitrogen and oxygen atoms in total. The molecule has 0 aromatic heterocycles. The molecule has 0 saturated carbocycles. The lowest BCUT2D eigenvalue weighted by Gasteiger charge is -2.16. The van der Waals surface area contributed by atoms with Gasteiger partial charge in [-0.3, -0.25) is 0 Å². The van der Waals surface area contributed by atoms with E-state index < -0.39 is 0 Å². The Hall–Kier alpha value is -1.06. The molecule has 0 fully saturated rings. The van der Waals surface area contributed by atoms with Crippen LogP contribution in [0.1, 0.15) is 18.1 Å². The third-order valence-electron chi connectivity index (χ3n) is 2.17.